The van der Waals surface area contributed by atoms with E-state index in [4.69, 9.17) is 4.74 Å². The van der Waals surface area contributed by atoms with Gasteiger partial charge in [0.25, 0.3) is 0 Å². The fourth-order valence-electron chi connectivity index (χ4n) is 5.25. The Labute approximate surface area is 165 Å². The van der Waals surface area contributed by atoms with Crippen molar-refractivity contribution in [2.24, 2.45) is 17.8 Å². The molecule has 5 atom stereocenters. The van der Waals surface area contributed by atoms with Gasteiger partial charge in [0.05, 0.1) is 0 Å². The smallest absolute Gasteiger partial charge is 0.302 e. The van der Waals surface area contributed by atoms with E-state index in [1.807, 2.05) is 0 Å². The molecule has 0 saturated heterocycles. The van der Waals surface area contributed by atoms with Crippen LogP contribution in [0.25, 0.3) is 0 Å². The zero-order valence-corrected chi connectivity index (χ0v) is 18.2. The third-order valence-corrected chi connectivity index (χ3v) is 9.26. The molecule has 0 aromatic heterocycles. The van der Waals surface area contributed by atoms with Crippen LogP contribution in [0.5, 0.6) is 0 Å². The number of hydrogen-bond donors (Lipinski definition) is 0. The maximum atomic E-state index is 11.3. The maximum absolute atomic E-state index is 11.3. The molecule has 0 radical (unpaired) electrons. The van der Waals surface area contributed by atoms with E-state index in [0.717, 1.165) is 24.2 Å². The molecule has 0 heterocycles. The summed E-state index contributed by atoms with van der Waals surface area (Å²) in [6.45, 7) is 6.69. The Kier molecular flexibility index (Phi) is 7.02. The van der Waals surface area contributed by atoms with E-state index in [1.165, 1.54) is 84.0 Å². The molecule has 5 unspecified atom stereocenters. The van der Waals surface area contributed by atoms with Crippen molar-refractivity contribution >= 4 is 17.7 Å². The number of ether oxygens (including phenoxy) is 1. The molecule has 0 amide bonds. The Morgan fingerprint density at radius 1 is 1.12 bits per heavy atom. The number of esters is 1. The Balaban J connectivity index is 1.62. The second-order valence-electron chi connectivity index (χ2n) is 9.59. The van der Waals surface area contributed by atoms with Crippen LogP contribution in [0.3, 0.4) is 0 Å². The van der Waals surface area contributed by atoms with Crippen molar-refractivity contribution in [3.05, 3.63) is 0 Å². The third-order valence-electron chi connectivity index (χ3n) is 7.28. The fourth-order valence-corrected chi connectivity index (χ4v) is 7.33. The largest absolute Gasteiger partial charge is 0.464 e. The van der Waals surface area contributed by atoms with Gasteiger partial charge in [0.1, 0.15) is 6.61 Å². The summed E-state index contributed by atoms with van der Waals surface area (Å²) in [6, 6.07) is 0. The molecule has 0 aliphatic heterocycles. The van der Waals surface area contributed by atoms with E-state index in [9.17, 15) is 4.79 Å². The van der Waals surface area contributed by atoms with Gasteiger partial charge in [0.2, 0.25) is 0 Å². The van der Waals surface area contributed by atoms with Gasteiger partial charge in [0, 0.05) is 16.4 Å². The number of carbonyl (C=O) groups excluding carboxylic acids is 1. The Morgan fingerprint density at radius 2 is 1.77 bits per heavy atom. The van der Waals surface area contributed by atoms with Crippen LogP contribution in [0, 0.1) is 17.8 Å². The Bertz CT molecular complexity index is 479. The molecule has 26 heavy (non-hydrogen) atoms. The van der Waals surface area contributed by atoms with Crippen molar-refractivity contribution in [2.75, 3.05) is 6.61 Å². The van der Waals surface area contributed by atoms with Crippen LogP contribution in [0.4, 0.5) is 0 Å². The molecule has 3 saturated carbocycles. The molecule has 3 aliphatic carbocycles. The third kappa shape index (κ3) is 5.42. The number of thioether (sulfide) groups is 1. The Hall–Kier alpha value is -0.180. The van der Waals surface area contributed by atoms with Gasteiger partial charge in [-0.1, -0.05) is 64.7 Å². The van der Waals surface area contributed by atoms with E-state index in [0.29, 0.717) is 11.4 Å². The highest BCUT2D eigenvalue weighted by atomic mass is 32.2. The number of carbonyl (C=O) groups is 1. The lowest BCUT2D eigenvalue weighted by Gasteiger charge is -2.33. The average molecular weight is 381 g/mol. The molecule has 3 rings (SSSR count). The van der Waals surface area contributed by atoms with Crippen molar-refractivity contribution in [1.29, 1.82) is 0 Å². The standard InChI is InChI=1S/C23H40O2S/c1-4-22(3,17-25-18(2)24)26-23-14-12-10-8-6-5-7-9-11-13-19-15-20(19)21(23)16-23/h19-21H,4-17H2,1-3H3. The highest BCUT2D eigenvalue weighted by Crippen LogP contribution is 2.70. The maximum Gasteiger partial charge on any atom is 0.302 e. The van der Waals surface area contributed by atoms with Gasteiger partial charge in [-0.15, -0.1) is 11.8 Å². The van der Waals surface area contributed by atoms with E-state index < -0.39 is 0 Å². The van der Waals surface area contributed by atoms with Crippen LogP contribution < -0.4 is 0 Å². The van der Waals surface area contributed by atoms with Gasteiger partial charge >= 0.3 is 5.97 Å². The van der Waals surface area contributed by atoms with Crippen LogP contribution in [-0.4, -0.2) is 22.1 Å². The van der Waals surface area contributed by atoms with Crippen molar-refractivity contribution in [1.82, 2.24) is 0 Å². The molecule has 3 heteroatoms. The summed E-state index contributed by atoms with van der Waals surface area (Å²) >= 11 is 2.20. The highest BCUT2D eigenvalue weighted by Gasteiger charge is 2.64. The number of fused-ring (bicyclic) bond motifs is 3. The second-order valence-corrected chi connectivity index (χ2v) is 11.6. The minimum absolute atomic E-state index is 0.0796. The number of hydrogen-bond acceptors (Lipinski definition) is 3. The molecule has 0 spiro atoms. The van der Waals surface area contributed by atoms with E-state index in [-0.39, 0.29) is 10.7 Å². The average Bonchev–Trinajstić information content (AvgIpc) is 3.50. The molecule has 3 aliphatic rings. The molecule has 2 nitrogen and oxygen atoms in total. The molecular formula is C23H40O2S. The lowest BCUT2D eigenvalue weighted by Crippen LogP contribution is -2.31. The topological polar surface area (TPSA) is 26.3 Å². The lowest BCUT2D eigenvalue weighted by molar-refractivity contribution is -0.141. The second kappa shape index (κ2) is 8.88. The van der Waals surface area contributed by atoms with Gasteiger partial charge in [-0.2, -0.15) is 0 Å². The molecule has 0 bridgehead atoms. The van der Waals surface area contributed by atoms with Gasteiger partial charge < -0.3 is 4.74 Å². The minimum Gasteiger partial charge on any atom is -0.464 e. The summed E-state index contributed by atoms with van der Waals surface area (Å²) in [7, 11) is 0. The quantitative estimate of drug-likeness (QED) is 0.493. The van der Waals surface area contributed by atoms with Gasteiger partial charge in [-0.05, 0) is 50.4 Å². The summed E-state index contributed by atoms with van der Waals surface area (Å²) in [6.07, 6.45) is 18.4. The van der Waals surface area contributed by atoms with Crippen LogP contribution in [-0.2, 0) is 9.53 Å². The molecule has 150 valence electrons. The van der Waals surface area contributed by atoms with Gasteiger partial charge in [-0.3, -0.25) is 4.79 Å². The van der Waals surface area contributed by atoms with Crippen molar-refractivity contribution < 1.29 is 9.53 Å². The van der Waals surface area contributed by atoms with Crippen molar-refractivity contribution in [3.63, 3.8) is 0 Å². The Morgan fingerprint density at radius 3 is 2.42 bits per heavy atom. The van der Waals surface area contributed by atoms with Gasteiger partial charge in [0.15, 0.2) is 0 Å². The summed E-state index contributed by atoms with van der Waals surface area (Å²) in [5.74, 6) is 2.86. The number of rotatable bonds is 5. The molecule has 0 aromatic rings. The summed E-state index contributed by atoms with van der Waals surface area (Å²) in [5, 5.41) is 0. The van der Waals surface area contributed by atoms with Crippen LogP contribution in [0.2, 0.25) is 0 Å². The first-order chi connectivity index (χ1) is 12.5. The van der Waals surface area contributed by atoms with Gasteiger partial charge in [-0.25, -0.2) is 0 Å². The summed E-state index contributed by atoms with van der Waals surface area (Å²) < 4.78 is 6.02. The summed E-state index contributed by atoms with van der Waals surface area (Å²) in [4.78, 5) is 11.3. The van der Waals surface area contributed by atoms with E-state index >= 15 is 0 Å². The highest BCUT2D eigenvalue weighted by molar-refractivity contribution is 8.02. The molecule has 3 fully saturated rings. The van der Waals surface area contributed by atoms with E-state index in [2.05, 4.69) is 25.6 Å². The predicted molar refractivity (Wildman–Crippen MR) is 112 cm³/mol. The first-order valence-electron chi connectivity index (χ1n) is 11.3. The fraction of sp³-hybridized carbons (Fsp3) is 0.957. The molecule has 0 N–H and O–H groups in total. The summed E-state index contributed by atoms with van der Waals surface area (Å²) in [5.41, 5.74) is 0. The van der Waals surface area contributed by atoms with Crippen LogP contribution >= 0.6 is 11.8 Å². The molecule has 0 aromatic carbocycles. The SMILES string of the molecule is CCC(C)(COC(C)=O)SC12CCCCCCCCCCC3CC3C1C2. The van der Waals surface area contributed by atoms with E-state index in [1.54, 1.807) is 0 Å². The molecular weight excluding hydrogens is 340 g/mol. The van der Waals surface area contributed by atoms with Crippen LogP contribution in [0.15, 0.2) is 0 Å². The zero-order chi connectivity index (χ0) is 18.6. The van der Waals surface area contributed by atoms with Crippen molar-refractivity contribution in [3.8, 4) is 0 Å². The predicted octanol–water partition coefficient (Wildman–Crippen LogP) is 6.76. The normalized spacial score (nSPS) is 37.4. The lowest BCUT2D eigenvalue weighted by atomic mass is 10.0. The first kappa shape index (κ1) is 20.6. The monoisotopic (exact) mass is 380 g/mol. The first-order valence-corrected chi connectivity index (χ1v) is 12.1. The zero-order valence-electron chi connectivity index (χ0n) is 17.4. The van der Waals surface area contributed by atoms with Crippen LogP contribution in [0.1, 0.15) is 104 Å². The van der Waals surface area contributed by atoms with Crippen molar-refractivity contribution in [2.45, 2.75) is 114 Å². The minimum atomic E-state index is -0.136.